The predicted octanol–water partition coefficient (Wildman–Crippen LogP) is 6.35. The van der Waals surface area contributed by atoms with E-state index in [1.807, 2.05) is 10.6 Å². The van der Waals surface area contributed by atoms with E-state index < -0.39 is 29.7 Å². The number of halogens is 3. The highest BCUT2D eigenvalue weighted by Gasteiger charge is 2.43. The summed E-state index contributed by atoms with van der Waals surface area (Å²) in [6.07, 6.45) is 3.10. The number of hydrogen-bond donors (Lipinski definition) is 0. The van der Waals surface area contributed by atoms with Gasteiger partial charge in [-0.25, -0.2) is 23.5 Å². The van der Waals surface area contributed by atoms with Crippen LogP contribution in [0.1, 0.15) is 45.7 Å². The Morgan fingerprint density at radius 2 is 1.82 bits per heavy atom. The third kappa shape index (κ3) is 5.83. The molecule has 2 heterocycles. The van der Waals surface area contributed by atoms with Gasteiger partial charge in [-0.1, -0.05) is 18.2 Å². The maximum absolute atomic E-state index is 15.5. The molecule has 11 heteroatoms. The van der Waals surface area contributed by atoms with Crippen molar-refractivity contribution in [3.8, 4) is 23.3 Å². The van der Waals surface area contributed by atoms with Crippen LogP contribution in [-0.4, -0.2) is 39.3 Å². The highest BCUT2D eigenvalue weighted by Crippen LogP contribution is 2.48. The van der Waals surface area contributed by atoms with Crippen molar-refractivity contribution in [1.29, 1.82) is 5.26 Å². The van der Waals surface area contributed by atoms with Gasteiger partial charge in [0.25, 0.3) is 0 Å². The van der Waals surface area contributed by atoms with E-state index in [9.17, 15) is 13.6 Å². The molecular weight excluding hydrogens is 571 g/mol. The quantitative estimate of drug-likeness (QED) is 0.173. The van der Waals surface area contributed by atoms with Crippen LogP contribution in [0.4, 0.5) is 13.2 Å². The smallest absolute Gasteiger partial charge is 0.337 e. The van der Waals surface area contributed by atoms with Crippen molar-refractivity contribution in [2.45, 2.75) is 32.4 Å². The number of benzene rings is 3. The number of nitrogens with zero attached hydrogens (tertiary/aromatic N) is 5. The maximum atomic E-state index is 15.5. The number of nitriles is 1. The zero-order valence-electron chi connectivity index (χ0n) is 23.7. The molecular formula is C33H26F3N5O3. The topological polar surface area (TPSA) is 103 Å². The lowest BCUT2D eigenvalue weighted by atomic mass is 10.0. The molecule has 44 heavy (non-hydrogen) atoms. The van der Waals surface area contributed by atoms with Gasteiger partial charge >= 0.3 is 12.0 Å². The van der Waals surface area contributed by atoms with Gasteiger partial charge in [0.1, 0.15) is 24.1 Å². The molecule has 6 rings (SSSR count). The predicted molar refractivity (Wildman–Crippen MR) is 154 cm³/mol. The van der Waals surface area contributed by atoms with Gasteiger partial charge in [0.05, 0.1) is 47.7 Å². The summed E-state index contributed by atoms with van der Waals surface area (Å²) in [7, 11) is 1.30. The van der Waals surface area contributed by atoms with Crippen LogP contribution in [-0.2, 0) is 24.3 Å². The van der Waals surface area contributed by atoms with E-state index in [4.69, 9.17) is 19.7 Å². The number of carbonyl (C=O) groups is 1. The monoisotopic (exact) mass is 597 g/mol. The van der Waals surface area contributed by atoms with Gasteiger partial charge in [-0.05, 0) is 60.9 Å². The summed E-state index contributed by atoms with van der Waals surface area (Å²) in [5.74, 6) is -0.994. The molecule has 0 saturated heterocycles. The van der Waals surface area contributed by atoms with Crippen LogP contribution in [0.3, 0.4) is 0 Å². The highest BCUT2D eigenvalue weighted by molar-refractivity contribution is 5.93. The zero-order chi connectivity index (χ0) is 30.8. The van der Waals surface area contributed by atoms with Crippen LogP contribution in [0.15, 0.2) is 66.9 Å². The van der Waals surface area contributed by atoms with Gasteiger partial charge in [0.2, 0.25) is 0 Å². The molecule has 1 aliphatic rings. The Hall–Kier alpha value is -5.24. The van der Waals surface area contributed by atoms with Crippen molar-refractivity contribution in [3.63, 3.8) is 0 Å². The van der Waals surface area contributed by atoms with Gasteiger partial charge < -0.3 is 14.0 Å². The van der Waals surface area contributed by atoms with Crippen molar-refractivity contribution in [2.75, 3.05) is 13.8 Å². The first kappa shape index (κ1) is 28.9. The second kappa shape index (κ2) is 11.8. The highest BCUT2D eigenvalue weighted by atomic mass is 19.1. The van der Waals surface area contributed by atoms with E-state index in [0.29, 0.717) is 45.8 Å². The largest absolute Gasteiger partial charge is 0.465 e. The first-order valence-electron chi connectivity index (χ1n) is 13.9. The van der Waals surface area contributed by atoms with Crippen LogP contribution < -0.4 is 4.74 Å². The normalized spacial score (nSPS) is 13.4. The Morgan fingerprint density at radius 1 is 1.02 bits per heavy atom. The molecule has 0 bridgehead atoms. The average Bonchev–Trinajstić information content (AvgIpc) is 3.75. The number of carbonyl (C=O) groups excluding carboxylic acids is 1. The molecule has 8 nitrogen and oxygen atoms in total. The van der Waals surface area contributed by atoms with E-state index in [2.05, 4.69) is 9.97 Å². The molecule has 1 saturated carbocycles. The molecule has 0 amide bonds. The summed E-state index contributed by atoms with van der Waals surface area (Å²) >= 11 is 0. The summed E-state index contributed by atoms with van der Waals surface area (Å²) in [6.45, 7) is -0.255. The van der Waals surface area contributed by atoms with Gasteiger partial charge in [0.15, 0.2) is 0 Å². The summed E-state index contributed by atoms with van der Waals surface area (Å²) < 4.78 is 56.0. The first-order valence-corrected chi connectivity index (χ1v) is 13.9. The molecule has 5 aromatic rings. The summed E-state index contributed by atoms with van der Waals surface area (Å²) in [5.41, 5.74) is 2.85. The van der Waals surface area contributed by atoms with Gasteiger partial charge in [-0.15, -0.1) is 0 Å². The van der Waals surface area contributed by atoms with Crippen LogP contribution >= 0.6 is 0 Å². The minimum atomic E-state index is -0.577. The van der Waals surface area contributed by atoms with Gasteiger partial charge in [-0.3, -0.25) is 4.39 Å². The molecule has 0 atom stereocenters. The van der Waals surface area contributed by atoms with E-state index in [1.165, 1.54) is 31.5 Å². The zero-order valence-corrected chi connectivity index (χ0v) is 23.7. The minimum absolute atomic E-state index is 0.0161. The molecule has 1 fully saturated rings. The molecule has 0 unspecified atom stereocenters. The van der Waals surface area contributed by atoms with Crippen molar-refractivity contribution in [3.05, 3.63) is 107 Å². The van der Waals surface area contributed by atoms with Crippen LogP contribution in [0.2, 0.25) is 0 Å². The molecule has 1 aliphatic carbocycles. The second-order valence-electron chi connectivity index (χ2n) is 10.9. The number of ether oxygens (including phenoxy) is 2. The van der Waals surface area contributed by atoms with E-state index in [-0.39, 0.29) is 30.2 Å². The molecule has 222 valence electrons. The number of fused-ring (bicyclic) bond motifs is 1. The minimum Gasteiger partial charge on any atom is -0.465 e. The number of aromatic nitrogens is 4. The Labute approximate surface area is 250 Å². The van der Waals surface area contributed by atoms with E-state index in [1.54, 1.807) is 36.4 Å². The molecule has 0 radical (unpaired) electrons. The van der Waals surface area contributed by atoms with Gasteiger partial charge in [-0.2, -0.15) is 10.2 Å². The molecule has 2 aromatic heterocycles. The average molecular weight is 598 g/mol. The van der Waals surface area contributed by atoms with Crippen LogP contribution in [0, 0.1) is 28.4 Å². The lowest BCUT2D eigenvalue weighted by Gasteiger charge is -2.16. The number of hydrogen-bond acceptors (Lipinski definition) is 7. The molecule has 0 N–H and O–H groups in total. The van der Waals surface area contributed by atoms with Gasteiger partial charge in [0, 0.05) is 35.7 Å². The van der Waals surface area contributed by atoms with E-state index in [0.717, 1.165) is 18.9 Å². The second-order valence-corrected chi connectivity index (χ2v) is 10.9. The Kier molecular flexibility index (Phi) is 7.74. The fourth-order valence-corrected chi connectivity index (χ4v) is 5.04. The number of imidazole rings is 1. The summed E-state index contributed by atoms with van der Waals surface area (Å²) in [6, 6.07) is 17.3. The number of methoxy groups -OCH3 is 1. The van der Waals surface area contributed by atoms with Crippen molar-refractivity contribution in [1.82, 2.24) is 19.5 Å². The van der Waals surface area contributed by atoms with E-state index >= 15 is 4.39 Å². The fourth-order valence-electron chi connectivity index (χ4n) is 5.04. The van der Waals surface area contributed by atoms with Crippen molar-refractivity contribution >= 4 is 17.0 Å². The molecule has 0 aliphatic heterocycles. The Balaban J connectivity index is 1.24. The Morgan fingerprint density at radius 3 is 2.52 bits per heavy atom. The number of alkyl halides is 1. The SMILES string of the molecule is COC(=O)c1ccc2nc(Cc3ccc(-c4ccnc(OCc5ccc(C#N)cc5F)n4)cc3F)n(CC3(CF)CC3)c2c1. The van der Waals surface area contributed by atoms with Crippen molar-refractivity contribution in [2.24, 2.45) is 5.41 Å². The van der Waals surface area contributed by atoms with Crippen LogP contribution in [0.5, 0.6) is 6.01 Å². The third-order valence-corrected chi connectivity index (χ3v) is 7.85. The summed E-state index contributed by atoms with van der Waals surface area (Å²) in [4.78, 5) is 25.3. The molecule has 0 spiro atoms. The first-order chi connectivity index (χ1) is 21.3. The summed E-state index contributed by atoms with van der Waals surface area (Å²) in [5, 5.41) is 8.91. The lowest BCUT2D eigenvalue weighted by molar-refractivity contribution is 0.0601. The fraction of sp³-hybridized carbons (Fsp3) is 0.242. The van der Waals surface area contributed by atoms with Crippen molar-refractivity contribution < 1.29 is 27.4 Å². The van der Waals surface area contributed by atoms with Crippen LogP contribution in [0.25, 0.3) is 22.3 Å². The molecule has 3 aromatic carbocycles. The third-order valence-electron chi connectivity index (χ3n) is 7.85. The number of rotatable bonds is 10. The standard InChI is InChI=1S/C33H26F3N5O3/c1-43-31(42)23-6-7-28-29(14-23)41(19-33(18-34)9-10-33)30(39-28)15-21-4-5-22(13-26(21)36)27-8-11-38-32(40-27)44-17-24-3-2-20(16-37)12-25(24)35/h2-8,11-14H,9-10,15,17-19H2,1H3. The Bertz CT molecular complexity index is 1930. The lowest BCUT2D eigenvalue weighted by Crippen LogP contribution is -2.16. The number of esters is 1. The maximum Gasteiger partial charge on any atom is 0.337 e.